The lowest BCUT2D eigenvalue weighted by Gasteiger charge is -2.23. The van der Waals surface area contributed by atoms with Gasteiger partial charge in [0.05, 0.1) is 0 Å². The highest BCUT2D eigenvalue weighted by Gasteiger charge is 2.23. The molecule has 2 N–H and O–H groups in total. The maximum Gasteiger partial charge on any atom is 0.251 e. The van der Waals surface area contributed by atoms with E-state index in [4.69, 9.17) is 0 Å². The molecule has 1 heterocycles. The van der Waals surface area contributed by atoms with Crippen molar-refractivity contribution in [1.82, 2.24) is 15.3 Å². The normalized spacial score (nSPS) is 16.7. The number of H-pyrrole nitrogens is 1. The van der Waals surface area contributed by atoms with E-state index < -0.39 is 0 Å². The Morgan fingerprint density at radius 2 is 2.13 bits per heavy atom. The molecule has 1 aromatic heterocycles. The second-order valence-corrected chi connectivity index (χ2v) is 6.07. The summed E-state index contributed by atoms with van der Waals surface area (Å²) in [4.78, 5) is 30.6. The first-order chi connectivity index (χ1) is 11.1. The zero-order valence-corrected chi connectivity index (χ0v) is 13.3. The molecule has 0 fully saturated rings. The van der Waals surface area contributed by atoms with Crippen molar-refractivity contribution in [2.24, 2.45) is 5.92 Å². The average molecular weight is 311 g/mol. The van der Waals surface area contributed by atoms with E-state index in [1.165, 1.54) is 17.2 Å². The molecule has 1 aliphatic carbocycles. The van der Waals surface area contributed by atoms with Gasteiger partial charge in [-0.3, -0.25) is 9.59 Å². The molecule has 0 unspecified atom stereocenters. The van der Waals surface area contributed by atoms with Crippen LogP contribution in [0.3, 0.4) is 0 Å². The van der Waals surface area contributed by atoms with Crippen molar-refractivity contribution in [3.05, 3.63) is 63.3 Å². The van der Waals surface area contributed by atoms with Crippen molar-refractivity contribution in [1.29, 1.82) is 0 Å². The summed E-state index contributed by atoms with van der Waals surface area (Å²) in [6.07, 6.45) is 3.23. The number of amides is 1. The van der Waals surface area contributed by atoms with Gasteiger partial charge in [-0.1, -0.05) is 24.3 Å². The fourth-order valence-electron chi connectivity index (χ4n) is 3.15. The number of aromatic nitrogens is 2. The minimum Gasteiger partial charge on any atom is -0.355 e. The van der Waals surface area contributed by atoms with E-state index in [0.717, 1.165) is 19.3 Å². The Hall–Kier alpha value is -2.43. The summed E-state index contributed by atoms with van der Waals surface area (Å²) in [5, 5.41) is 2.98. The summed E-state index contributed by atoms with van der Waals surface area (Å²) in [5.41, 5.74) is 3.20. The molecule has 0 radical (unpaired) electrons. The predicted octanol–water partition coefficient (Wildman–Crippen LogP) is 1.54. The topological polar surface area (TPSA) is 74.8 Å². The summed E-state index contributed by atoms with van der Waals surface area (Å²) >= 11 is 0. The van der Waals surface area contributed by atoms with Crippen LogP contribution in [-0.2, 0) is 24.1 Å². The fourth-order valence-corrected chi connectivity index (χ4v) is 3.15. The van der Waals surface area contributed by atoms with Crippen LogP contribution in [0.15, 0.2) is 35.1 Å². The Morgan fingerprint density at radius 3 is 2.91 bits per heavy atom. The van der Waals surface area contributed by atoms with Gasteiger partial charge in [-0.05, 0) is 37.3 Å². The molecule has 0 saturated heterocycles. The molecule has 0 aliphatic heterocycles. The van der Waals surface area contributed by atoms with Gasteiger partial charge in [0, 0.05) is 30.6 Å². The Bertz CT molecular complexity index is 767. The third kappa shape index (κ3) is 3.86. The number of rotatable bonds is 4. The van der Waals surface area contributed by atoms with Crippen molar-refractivity contribution >= 4 is 5.91 Å². The minimum atomic E-state index is -0.150. The molecule has 120 valence electrons. The van der Waals surface area contributed by atoms with Crippen molar-refractivity contribution < 1.29 is 4.79 Å². The molecule has 3 rings (SSSR count). The van der Waals surface area contributed by atoms with Crippen LogP contribution in [0, 0.1) is 12.8 Å². The molecule has 1 aromatic carbocycles. The number of nitrogens with one attached hydrogen (secondary N) is 2. The molecule has 0 saturated carbocycles. The second-order valence-electron chi connectivity index (χ2n) is 6.07. The first kappa shape index (κ1) is 15.5. The molecule has 1 atom stereocenters. The van der Waals surface area contributed by atoms with E-state index in [9.17, 15) is 9.59 Å². The molecule has 23 heavy (non-hydrogen) atoms. The van der Waals surface area contributed by atoms with Crippen molar-refractivity contribution in [3.8, 4) is 0 Å². The number of hydrogen-bond donors (Lipinski definition) is 2. The fraction of sp³-hybridized carbons (Fsp3) is 0.389. The monoisotopic (exact) mass is 311 g/mol. The van der Waals surface area contributed by atoms with Crippen molar-refractivity contribution in [2.45, 2.75) is 32.6 Å². The first-order valence-corrected chi connectivity index (χ1v) is 8.03. The number of carbonyl (C=O) groups is 1. The van der Waals surface area contributed by atoms with E-state index >= 15 is 0 Å². The van der Waals surface area contributed by atoms with Crippen LogP contribution in [0.1, 0.15) is 29.1 Å². The molecular formula is C18H21N3O2. The third-order valence-corrected chi connectivity index (χ3v) is 4.31. The summed E-state index contributed by atoms with van der Waals surface area (Å²) < 4.78 is 0. The van der Waals surface area contributed by atoms with Crippen LogP contribution in [0.25, 0.3) is 0 Å². The van der Waals surface area contributed by atoms with Crippen LogP contribution >= 0.6 is 0 Å². The molecule has 0 spiro atoms. The number of hydrogen-bond acceptors (Lipinski definition) is 3. The number of fused-ring (bicyclic) bond motifs is 1. The second kappa shape index (κ2) is 6.77. The molecule has 1 amide bonds. The summed E-state index contributed by atoms with van der Waals surface area (Å²) in [6, 6.07) is 9.81. The molecule has 0 bridgehead atoms. The lowest BCUT2D eigenvalue weighted by molar-refractivity contribution is -0.125. The zero-order chi connectivity index (χ0) is 16.2. The Kier molecular flexibility index (Phi) is 4.55. The minimum absolute atomic E-state index is 0.0405. The molecule has 5 heteroatoms. The number of nitrogens with zero attached hydrogens (tertiary/aromatic N) is 1. The lowest BCUT2D eigenvalue weighted by Crippen LogP contribution is -2.35. The van der Waals surface area contributed by atoms with Crippen LogP contribution in [0.4, 0.5) is 0 Å². The zero-order valence-electron chi connectivity index (χ0n) is 13.3. The number of benzene rings is 1. The highest BCUT2D eigenvalue weighted by Crippen LogP contribution is 2.25. The summed E-state index contributed by atoms with van der Waals surface area (Å²) in [6.45, 7) is 2.26. The maximum absolute atomic E-state index is 12.3. The summed E-state index contributed by atoms with van der Waals surface area (Å²) in [7, 11) is 0. The van der Waals surface area contributed by atoms with Gasteiger partial charge in [-0.25, -0.2) is 4.98 Å². The Balaban J connectivity index is 1.53. The first-order valence-electron chi connectivity index (χ1n) is 8.03. The van der Waals surface area contributed by atoms with E-state index in [0.29, 0.717) is 24.5 Å². The smallest absolute Gasteiger partial charge is 0.251 e. The molecule has 1 aliphatic rings. The quantitative estimate of drug-likeness (QED) is 0.899. The number of carbonyl (C=O) groups excluding carboxylic acids is 1. The van der Waals surface area contributed by atoms with Crippen LogP contribution in [0.2, 0.25) is 0 Å². The number of aryl methyl sites for hydroxylation is 2. The largest absolute Gasteiger partial charge is 0.355 e. The van der Waals surface area contributed by atoms with E-state index in [1.54, 1.807) is 6.92 Å². The SMILES string of the molecule is Cc1nc(CCNC(=O)[C@@H]2CCc3ccccc3C2)cc(=O)[nH]1. The third-order valence-electron chi connectivity index (χ3n) is 4.31. The Labute approximate surface area is 135 Å². The van der Waals surface area contributed by atoms with Gasteiger partial charge < -0.3 is 10.3 Å². The van der Waals surface area contributed by atoms with Crippen molar-refractivity contribution in [3.63, 3.8) is 0 Å². The highest BCUT2D eigenvalue weighted by molar-refractivity contribution is 5.79. The predicted molar refractivity (Wildman–Crippen MR) is 88.3 cm³/mol. The van der Waals surface area contributed by atoms with E-state index in [1.807, 2.05) is 6.07 Å². The van der Waals surface area contributed by atoms with Crippen LogP contribution in [-0.4, -0.2) is 22.4 Å². The van der Waals surface area contributed by atoms with Gasteiger partial charge in [0.1, 0.15) is 5.82 Å². The lowest BCUT2D eigenvalue weighted by atomic mass is 9.83. The maximum atomic E-state index is 12.3. The van der Waals surface area contributed by atoms with E-state index in [-0.39, 0.29) is 17.4 Å². The van der Waals surface area contributed by atoms with Gasteiger partial charge in [0.2, 0.25) is 5.91 Å². The molecular weight excluding hydrogens is 290 g/mol. The van der Waals surface area contributed by atoms with Gasteiger partial charge in [-0.15, -0.1) is 0 Å². The van der Waals surface area contributed by atoms with Crippen LogP contribution in [0.5, 0.6) is 0 Å². The van der Waals surface area contributed by atoms with Crippen molar-refractivity contribution in [2.75, 3.05) is 6.54 Å². The van der Waals surface area contributed by atoms with Gasteiger partial charge in [-0.2, -0.15) is 0 Å². The van der Waals surface area contributed by atoms with Gasteiger partial charge in [0.15, 0.2) is 0 Å². The summed E-state index contributed by atoms with van der Waals surface area (Å²) in [5.74, 6) is 0.738. The van der Waals surface area contributed by atoms with Gasteiger partial charge >= 0.3 is 0 Å². The molecule has 2 aromatic rings. The standard InChI is InChI=1S/C18H21N3O2/c1-12-20-16(11-17(22)21-12)8-9-19-18(23)15-7-6-13-4-2-3-5-14(13)10-15/h2-5,11,15H,6-10H2,1H3,(H,19,23)(H,20,21,22)/t15-/m1/s1. The van der Waals surface area contributed by atoms with Gasteiger partial charge in [0.25, 0.3) is 5.56 Å². The Morgan fingerprint density at radius 1 is 1.35 bits per heavy atom. The number of aromatic amines is 1. The highest BCUT2D eigenvalue weighted by atomic mass is 16.1. The van der Waals surface area contributed by atoms with Crippen LogP contribution < -0.4 is 10.9 Å². The average Bonchev–Trinajstić information content (AvgIpc) is 2.53. The van der Waals surface area contributed by atoms with E-state index in [2.05, 4.69) is 33.5 Å². The molecule has 5 nitrogen and oxygen atoms in total.